The van der Waals surface area contributed by atoms with Crippen LogP contribution in [0.3, 0.4) is 0 Å². The normalized spacial score (nSPS) is 14.3. The van der Waals surface area contributed by atoms with Crippen molar-refractivity contribution in [2.24, 2.45) is 0 Å². The third-order valence-corrected chi connectivity index (χ3v) is 4.45. The van der Waals surface area contributed by atoms with E-state index in [1.165, 1.54) is 18.4 Å². The van der Waals surface area contributed by atoms with Crippen molar-refractivity contribution in [3.05, 3.63) is 54.4 Å². The summed E-state index contributed by atoms with van der Waals surface area (Å²) >= 11 is 0. The van der Waals surface area contributed by atoms with Gasteiger partial charge in [0, 0.05) is 17.4 Å². The second-order valence-electron chi connectivity index (χ2n) is 6.61. The van der Waals surface area contributed by atoms with Crippen molar-refractivity contribution in [3.63, 3.8) is 0 Å². The molecular formula is C19H17F3N4O. The summed E-state index contributed by atoms with van der Waals surface area (Å²) in [7, 11) is 0. The Morgan fingerprint density at radius 3 is 2.78 bits per heavy atom. The highest BCUT2D eigenvalue weighted by molar-refractivity contribution is 5.90. The van der Waals surface area contributed by atoms with Gasteiger partial charge in [-0.25, -0.2) is 9.78 Å². The molecule has 0 spiro atoms. The maximum absolute atomic E-state index is 12.2. The van der Waals surface area contributed by atoms with Gasteiger partial charge in [0.05, 0.1) is 11.9 Å². The van der Waals surface area contributed by atoms with E-state index in [1.807, 2.05) is 16.7 Å². The molecule has 2 aromatic heterocycles. The number of anilines is 1. The van der Waals surface area contributed by atoms with Crippen LogP contribution in [-0.2, 0) is 0 Å². The predicted octanol–water partition coefficient (Wildman–Crippen LogP) is 4.56. The summed E-state index contributed by atoms with van der Waals surface area (Å²) in [6.45, 7) is -1.38. The van der Waals surface area contributed by atoms with Crippen LogP contribution in [0.25, 0.3) is 16.9 Å². The van der Waals surface area contributed by atoms with Crippen LogP contribution in [0.15, 0.2) is 48.8 Å². The van der Waals surface area contributed by atoms with Gasteiger partial charge in [0.1, 0.15) is 12.2 Å². The second-order valence-corrected chi connectivity index (χ2v) is 6.61. The topological polar surface area (TPSA) is 58.4 Å². The monoisotopic (exact) mass is 374 g/mol. The van der Waals surface area contributed by atoms with Crippen molar-refractivity contribution in [2.45, 2.75) is 24.9 Å². The standard InChI is InChI=1S/C19H17F3N4O/c20-19(21,22)11-24-18(27)25-15-3-1-2-14(8-15)16-10-23-17-9-13(12-4-5-12)6-7-26(16)17/h1-3,6-10,12H,4-5,11H2,(H2,24,25,27). The lowest BCUT2D eigenvalue weighted by atomic mass is 10.1. The number of benzene rings is 1. The molecule has 0 atom stereocenters. The van der Waals surface area contributed by atoms with E-state index in [2.05, 4.69) is 22.4 Å². The molecule has 1 saturated carbocycles. The number of carbonyl (C=O) groups is 1. The quantitative estimate of drug-likeness (QED) is 0.703. The SMILES string of the molecule is O=C(NCC(F)(F)F)Nc1cccc(-c2cnc3cc(C4CC4)ccn23)c1. The number of amides is 2. The third-order valence-electron chi connectivity index (χ3n) is 4.45. The number of imidazole rings is 1. The molecule has 0 aliphatic heterocycles. The van der Waals surface area contributed by atoms with Gasteiger partial charge in [-0.3, -0.25) is 4.40 Å². The van der Waals surface area contributed by atoms with Gasteiger partial charge >= 0.3 is 12.2 Å². The number of pyridine rings is 1. The fourth-order valence-corrected chi connectivity index (χ4v) is 2.99. The van der Waals surface area contributed by atoms with Crippen LogP contribution < -0.4 is 10.6 Å². The van der Waals surface area contributed by atoms with Crippen molar-refractivity contribution < 1.29 is 18.0 Å². The van der Waals surface area contributed by atoms with Crippen LogP contribution in [-0.4, -0.2) is 28.1 Å². The van der Waals surface area contributed by atoms with E-state index in [-0.39, 0.29) is 0 Å². The van der Waals surface area contributed by atoms with Crippen LogP contribution in [0.1, 0.15) is 24.3 Å². The molecule has 2 amide bonds. The molecule has 1 fully saturated rings. The van der Waals surface area contributed by atoms with Crippen LogP contribution in [0.2, 0.25) is 0 Å². The summed E-state index contributed by atoms with van der Waals surface area (Å²) in [5.74, 6) is 0.637. The van der Waals surface area contributed by atoms with Gasteiger partial charge in [-0.2, -0.15) is 13.2 Å². The lowest BCUT2D eigenvalue weighted by Crippen LogP contribution is -2.36. The molecule has 8 heteroatoms. The minimum atomic E-state index is -4.45. The molecule has 2 heterocycles. The van der Waals surface area contributed by atoms with Crippen LogP contribution in [0, 0.1) is 0 Å². The molecule has 0 unspecified atom stereocenters. The fraction of sp³-hybridized carbons (Fsp3) is 0.263. The number of hydrogen-bond acceptors (Lipinski definition) is 2. The summed E-state index contributed by atoms with van der Waals surface area (Å²) in [5, 5.41) is 4.20. The summed E-state index contributed by atoms with van der Waals surface area (Å²) in [5.41, 5.74) is 4.17. The zero-order valence-corrected chi connectivity index (χ0v) is 14.3. The molecule has 0 radical (unpaired) electrons. The van der Waals surface area contributed by atoms with Crippen LogP contribution >= 0.6 is 0 Å². The molecule has 140 valence electrons. The van der Waals surface area contributed by atoms with Gasteiger partial charge in [0.25, 0.3) is 0 Å². The Morgan fingerprint density at radius 1 is 1.22 bits per heavy atom. The molecule has 27 heavy (non-hydrogen) atoms. The molecule has 5 nitrogen and oxygen atoms in total. The number of nitrogens with zero attached hydrogens (tertiary/aromatic N) is 2. The smallest absolute Gasteiger partial charge is 0.329 e. The average Bonchev–Trinajstić information content (AvgIpc) is 3.39. The molecule has 1 aliphatic carbocycles. The van der Waals surface area contributed by atoms with E-state index in [0.29, 0.717) is 11.6 Å². The van der Waals surface area contributed by atoms with Crippen molar-refractivity contribution in [3.8, 4) is 11.3 Å². The Balaban J connectivity index is 1.54. The van der Waals surface area contributed by atoms with Crippen LogP contribution in [0.4, 0.5) is 23.7 Å². The maximum atomic E-state index is 12.2. The van der Waals surface area contributed by atoms with E-state index in [9.17, 15) is 18.0 Å². The summed E-state index contributed by atoms with van der Waals surface area (Å²) in [4.78, 5) is 16.1. The summed E-state index contributed by atoms with van der Waals surface area (Å²) in [6.07, 6.45) is 1.70. The van der Waals surface area contributed by atoms with E-state index < -0.39 is 18.8 Å². The highest BCUT2D eigenvalue weighted by Crippen LogP contribution is 2.40. The van der Waals surface area contributed by atoms with Gasteiger partial charge in [0.15, 0.2) is 0 Å². The number of hydrogen-bond donors (Lipinski definition) is 2. The predicted molar refractivity (Wildman–Crippen MR) is 95.7 cm³/mol. The zero-order chi connectivity index (χ0) is 19.0. The first-order chi connectivity index (χ1) is 12.9. The van der Waals surface area contributed by atoms with Gasteiger partial charge < -0.3 is 10.6 Å². The Labute approximate surface area is 153 Å². The Morgan fingerprint density at radius 2 is 2.04 bits per heavy atom. The van der Waals surface area contributed by atoms with E-state index in [1.54, 1.807) is 29.7 Å². The van der Waals surface area contributed by atoms with Crippen LogP contribution in [0.5, 0.6) is 0 Å². The maximum Gasteiger partial charge on any atom is 0.405 e. The van der Waals surface area contributed by atoms with Crippen molar-refractivity contribution >= 4 is 17.4 Å². The van der Waals surface area contributed by atoms with Gasteiger partial charge in [0.2, 0.25) is 0 Å². The first kappa shape index (κ1) is 17.4. The first-order valence-corrected chi connectivity index (χ1v) is 8.58. The summed E-state index contributed by atoms with van der Waals surface area (Å²) < 4.78 is 38.5. The fourth-order valence-electron chi connectivity index (χ4n) is 2.99. The molecular weight excluding hydrogens is 357 g/mol. The molecule has 3 aromatic rings. The first-order valence-electron chi connectivity index (χ1n) is 8.58. The number of carbonyl (C=O) groups excluding carboxylic acids is 1. The number of rotatable bonds is 4. The van der Waals surface area contributed by atoms with Gasteiger partial charge in [-0.05, 0) is 48.6 Å². The molecule has 1 aromatic carbocycles. The number of fused-ring (bicyclic) bond motifs is 1. The van der Waals surface area contributed by atoms with E-state index >= 15 is 0 Å². The Bertz CT molecular complexity index is 992. The number of halogens is 3. The lowest BCUT2D eigenvalue weighted by Gasteiger charge is -2.11. The number of aromatic nitrogens is 2. The average molecular weight is 374 g/mol. The minimum Gasteiger partial charge on any atom is -0.329 e. The second kappa shape index (κ2) is 6.61. The number of nitrogens with one attached hydrogen (secondary N) is 2. The van der Waals surface area contributed by atoms with Gasteiger partial charge in [-0.1, -0.05) is 12.1 Å². The number of urea groups is 1. The highest BCUT2D eigenvalue weighted by atomic mass is 19.4. The molecule has 0 saturated heterocycles. The van der Waals surface area contributed by atoms with E-state index in [0.717, 1.165) is 16.9 Å². The van der Waals surface area contributed by atoms with Crippen molar-refractivity contribution in [2.75, 3.05) is 11.9 Å². The summed E-state index contributed by atoms with van der Waals surface area (Å²) in [6, 6.07) is 10.2. The van der Waals surface area contributed by atoms with Gasteiger partial charge in [-0.15, -0.1) is 0 Å². The minimum absolute atomic E-state index is 0.400. The molecule has 4 rings (SSSR count). The van der Waals surface area contributed by atoms with Crippen molar-refractivity contribution in [1.82, 2.24) is 14.7 Å². The Hall–Kier alpha value is -3.03. The molecule has 0 bridgehead atoms. The number of alkyl halides is 3. The van der Waals surface area contributed by atoms with Crippen molar-refractivity contribution in [1.29, 1.82) is 0 Å². The highest BCUT2D eigenvalue weighted by Gasteiger charge is 2.27. The molecule has 1 aliphatic rings. The molecule has 2 N–H and O–H groups in total. The largest absolute Gasteiger partial charge is 0.405 e. The Kier molecular flexibility index (Phi) is 4.25. The lowest BCUT2D eigenvalue weighted by molar-refractivity contribution is -0.122. The van der Waals surface area contributed by atoms with E-state index in [4.69, 9.17) is 0 Å². The third kappa shape index (κ3) is 4.05. The zero-order valence-electron chi connectivity index (χ0n) is 14.3.